The fourth-order valence-corrected chi connectivity index (χ4v) is 3.35. The van der Waals surface area contributed by atoms with Crippen molar-refractivity contribution in [3.63, 3.8) is 0 Å². The summed E-state index contributed by atoms with van der Waals surface area (Å²) in [7, 11) is -3.84. The highest BCUT2D eigenvalue weighted by Gasteiger charge is 2.20. The highest BCUT2D eigenvalue weighted by molar-refractivity contribution is 9.10. The number of nitrogen functional groups attached to an aromatic ring is 1. The molecule has 6 nitrogen and oxygen atoms in total. The Labute approximate surface area is 129 Å². The van der Waals surface area contributed by atoms with Gasteiger partial charge in [0.05, 0.1) is 20.9 Å². The number of benzene rings is 1. The quantitative estimate of drug-likeness (QED) is 0.562. The van der Waals surface area contributed by atoms with Gasteiger partial charge in [0.1, 0.15) is 4.90 Å². The van der Waals surface area contributed by atoms with Gasteiger partial charge in [-0.15, -0.1) is 0 Å². The van der Waals surface area contributed by atoms with Gasteiger partial charge in [0.15, 0.2) is 0 Å². The van der Waals surface area contributed by atoms with E-state index < -0.39 is 10.0 Å². The molecule has 0 saturated heterocycles. The van der Waals surface area contributed by atoms with Crippen LogP contribution in [0.15, 0.2) is 46.0 Å². The van der Waals surface area contributed by atoms with Crippen molar-refractivity contribution in [2.24, 2.45) is 5.84 Å². The third-order valence-electron chi connectivity index (χ3n) is 2.43. The Bertz CT molecular complexity index is 739. The van der Waals surface area contributed by atoms with Crippen LogP contribution in [-0.4, -0.2) is 13.4 Å². The molecule has 0 amide bonds. The Morgan fingerprint density at radius 2 is 2.00 bits per heavy atom. The number of aromatic nitrogens is 1. The summed E-state index contributed by atoms with van der Waals surface area (Å²) in [4.78, 5) is 3.73. The van der Waals surface area contributed by atoms with Crippen LogP contribution < -0.4 is 16.0 Å². The van der Waals surface area contributed by atoms with Crippen LogP contribution in [0.25, 0.3) is 0 Å². The lowest BCUT2D eigenvalue weighted by molar-refractivity contribution is 0.601. The molecule has 0 saturated carbocycles. The number of rotatable bonds is 4. The van der Waals surface area contributed by atoms with Gasteiger partial charge in [-0.1, -0.05) is 17.7 Å². The van der Waals surface area contributed by atoms with Crippen LogP contribution in [0.3, 0.4) is 0 Å². The van der Waals surface area contributed by atoms with Gasteiger partial charge in [-0.3, -0.25) is 15.5 Å². The molecular formula is C11H10BrClN4O2S. The topological polar surface area (TPSA) is 97.1 Å². The van der Waals surface area contributed by atoms with E-state index in [1.165, 1.54) is 18.5 Å². The van der Waals surface area contributed by atoms with Crippen molar-refractivity contribution in [1.82, 2.24) is 4.98 Å². The van der Waals surface area contributed by atoms with Crippen molar-refractivity contribution < 1.29 is 8.42 Å². The maximum Gasteiger partial charge on any atom is 0.265 e. The molecule has 0 aliphatic heterocycles. The zero-order chi connectivity index (χ0) is 14.8. The number of anilines is 2. The van der Waals surface area contributed by atoms with E-state index in [4.69, 9.17) is 17.4 Å². The molecule has 0 aliphatic rings. The van der Waals surface area contributed by atoms with Gasteiger partial charge in [-0.2, -0.15) is 0 Å². The van der Waals surface area contributed by atoms with Crippen LogP contribution in [0, 0.1) is 0 Å². The molecule has 1 aromatic carbocycles. The highest BCUT2D eigenvalue weighted by Crippen LogP contribution is 2.32. The van der Waals surface area contributed by atoms with Crippen molar-refractivity contribution >= 4 is 48.9 Å². The first-order valence-electron chi connectivity index (χ1n) is 5.33. The van der Waals surface area contributed by atoms with E-state index in [9.17, 15) is 8.42 Å². The van der Waals surface area contributed by atoms with E-state index in [-0.39, 0.29) is 10.6 Å². The largest absolute Gasteiger partial charge is 0.323 e. The van der Waals surface area contributed by atoms with E-state index in [2.05, 4.69) is 31.1 Å². The molecule has 0 unspecified atom stereocenters. The average Bonchev–Trinajstić information content (AvgIpc) is 2.43. The van der Waals surface area contributed by atoms with Crippen molar-refractivity contribution in [3.05, 3.63) is 46.2 Å². The Morgan fingerprint density at radius 3 is 2.70 bits per heavy atom. The lowest BCUT2D eigenvalue weighted by Crippen LogP contribution is -2.18. The summed E-state index contributed by atoms with van der Waals surface area (Å²) < 4.78 is 27.5. The Morgan fingerprint density at radius 1 is 1.25 bits per heavy atom. The Balaban J connectivity index is 2.44. The predicted octanol–water partition coefficient (Wildman–Crippen LogP) is 2.58. The predicted molar refractivity (Wildman–Crippen MR) is 82.0 cm³/mol. The number of nitrogens with two attached hydrogens (primary N) is 1. The number of hydrazine groups is 1. The third-order valence-corrected chi connectivity index (χ3v) is 5.22. The van der Waals surface area contributed by atoms with E-state index in [1.807, 2.05) is 0 Å². The average molecular weight is 378 g/mol. The molecule has 2 rings (SSSR count). The summed E-state index contributed by atoms with van der Waals surface area (Å²) in [6.45, 7) is 0. The number of hydrogen-bond donors (Lipinski definition) is 3. The lowest BCUT2D eigenvalue weighted by atomic mass is 10.3. The molecule has 20 heavy (non-hydrogen) atoms. The molecule has 9 heteroatoms. The number of pyridine rings is 1. The van der Waals surface area contributed by atoms with Crippen LogP contribution in [0.1, 0.15) is 0 Å². The fraction of sp³-hybridized carbons (Fsp3) is 0. The monoisotopic (exact) mass is 376 g/mol. The van der Waals surface area contributed by atoms with E-state index in [0.29, 0.717) is 15.2 Å². The van der Waals surface area contributed by atoms with Crippen molar-refractivity contribution in [2.45, 2.75) is 4.90 Å². The van der Waals surface area contributed by atoms with Gasteiger partial charge in [0.2, 0.25) is 0 Å². The van der Waals surface area contributed by atoms with Gasteiger partial charge < -0.3 is 5.43 Å². The molecule has 1 aromatic heterocycles. The number of halogens is 2. The summed E-state index contributed by atoms with van der Waals surface area (Å²) in [6, 6.07) is 6.32. The minimum Gasteiger partial charge on any atom is -0.323 e. The Kier molecular flexibility index (Phi) is 4.48. The second-order valence-electron chi connectivity index (χ2n) is 3.72. The molecule has 0 atom stereocenters. The first-order chi connectivity index (χ1) is 9.45. The molecular weight excluding hydrogens is 368 g/mol. The van der Waals surface area contributed by atoms with Gasteiger partial charge in [0.25, 0.3) is 10.0 Å². The smallest absolute Gasteiger partial charge is 0.265 e. The van der Waals surface area contributed by atoms with Gasteiger partial charge in [-0.05, 0) is 34.1 Å². The van der Waals surface area contributed by atoms with Crippen LogP contribution >= 0.6 is 27.5 Å². The molecule has 4 N–H and O–H groups in total. The number of hydrogen-bond acceptors (Lipinski definition) is 5. The van der Waals surface area contributed by atoms with Gasteiger partial charge in [0, 0.05) is 12.4 Å². The third kappa shape index (κ3) is 3.04. The molecule has 0 radical (unpaired) electrons. The minimum absolute atomic E-state index is 0.0608. The summed E-state index contributed by atoms with van der Waals surface area (Å²) in [5, 5.41) is 0.397. The molecule has 0 aliphatic carbocycles. The van der Waals surface area contributed by atoms with Crippen molar-refractivity contribution in [3.8, 4) is 0 Å². The maximum absolute atomic E-state index is 12.3. The second kappa shape index (κ2) is 5.96. The second-order valence-corrected chi connectivity index (χ2v) is 6.57. The van der Waals surface area contributed by atoms with E-state index in [1.54, 1.807) is 18.2 Å². The number of nitrogens with zero attached hydrogens (tertiary/aromatic N) is 1. The minimum atomic E-state index is -3.84. The zero-order valence-electron chi connectivity index (χ0n) is 9.97. The summed E-state index contributed by atoms with van der Waals surface area (Å²) in [5.74, 6) is 5.29. The van der Waals surface area contributed by atoms with Crippen LogP contribution in [-0.2, 0) is 10.0 Å². The molecule has 0 fully saturated rings. The van der Waals surface area contributed by atoms with Crippen LogP contribution in [0.5, 0.6) is 0 Å². The van der Waals surface area contributed by atoms with E-state index in [0.717, 1.165) is 0 Å². The summed E-state index contributed by atoms with van der Waals surface area (Å²) in [6.07, 6.45) is 2.64. The van der Waals surface area contributed by atoms with Crippen LogP contribution in [0.4, 0.5) is 11.4 Å². The highest BCUT2D eigenvalue weighted by atomic mass is 79.9. The molecule has 0 spiro atoms. The normalized spacial score (nSPS) is 11.2. The summed E-state index contributed by atoms with van der Waals surface area (Å²) in [5.41, 5.74) is 2.88. The SMILES string of the molecule is NNc1ccncc1S(=O)(=O)Nc1cccc(Cl)c1Br. The van der Waals surface area contributed by atoms with Gasteiger partial charge >= 0.3 is 0 Å². The standard InChI is InChI=1S/C11H10BrClN4O2S/c12-11-7(13)2-1-3-9(11)17-20(18,19)10-6-15-5-4-8(10)16-14/h1-6,17H,14H2,(H,15,16). The molecule has 0 bridgehead atoms. The zero-order valence-corrected chi connectivity index (χ0v) is 13.1. The molecule has 1 heterocycles. The lowest BCUT2D eigenvalue weighted by Gasteiger charge is -2.12. The van der Waals surface area contributed by atoms with E-state index >= 15 is 0 Å². The first kappa shape index (κ1) is 15.0. The first-order valence-corrected chi connectivity index (χ1v) is 7.98. The van der Waals surface area contributed by atoms with Crippen molar-refractivity contribution in [1.29, 1.82) is 0 Å². The maximum atomic E-state index is 12.3. The fourth-order valence-electron chi connectivity index (χ4n) is 1.50. The Hall–Kier alpha value is -1.35. The number of sulfonamides is 1. The van der Waals surface area contributed by atoms with Crippen LogP contribution in [0.2, 0.25) is 5.02 Å². The number of nitrogens with one attached hydrogen (secondary N) is 2. The van der Waals surface area contributed by atoms with Crippen molar-refractivity contribution in [2.75, 3.05) is 10.1 Å². The summed E-state index contributed by atoms with van der Waals surface area (Å²) >= 11 is 9.15. The molecule has 106 valence electrons. The molecule has 2 aromatic rings. The van der Waals surface area contributed by atoms with Gasteiger partial charge in [-0.25, -0.2) is 8.42 Å².